The molecular formula is C16H21BrO3. The SMILES string of the molecule is COC1CCC(O)(Cc2cc(Br)cc3c2OCC3)CC1. The number of fused-ring (bicyclic) bond motifs is 1. The molecule has 0 aromatic heterocycles. The summed E-state index contributed by atoms with van der Waals surface area (Å²) in [6, 6.07) is 4.21. The second-order valence-electron chi connectivity index (χ2n) is 5.99. The van der Waals surface area contributed by atoms with Crippen molar-refractivity contribution in [2.24, 2.45) is 0 Å². The third-order valence-corrected chi connectivity index (χ3v) is 5.00. The summed E-state index contributed by atoms with van der Waals surface area (Å²) in [6.45, 7) is 0.753. The topological polar surface area (TPSA) is 38.7 Å². The minimum absolute atomic E-state index is 0.305. The Kier molecular flexibility index (Phi) is 4.07. The van der Waals surface area contributed by atoms with Crippen LogP contribution < -0.4 is 4.74 Å². The fourth-order valence-electron chi connectivity index (χ4n) is 3.37. The predicted octanol–water partition coefficient (Wildman–Crippen LogP) is 3.25. The first kappa shape index (κ1) is 14.4. The van der Waals surface area contributed by atoms with Crippen molar-refractivity contribution in [2.75, 3.05) is 13.7 Å². The maximum Gasteiger partial charge on any atom is 0.125 e. The van der Waals surface area contributed by atoms with Gasteiger partial charge in [0.05, 0.1) is 18.3 Å². The molecule has 110 valence electrons. The van der Waals surface area contributed by atoms with Gasteiger partial charge < -0.3 is 14.6 Å². The van der Waals surface area contributed by atoms with E-state index < -0.39 is 5.60 Å². The normalized spacial score (nSPS) is 29.1. The van der Waals surface area contributed by atoms with E-state index in [-0.39, 0.29) is 0 Å². The molecule has 0 unspecified atom stereocenters. The summed E-state index contributed by atoms with van der Waals surface area (Å²) >= 11 is 3.56. The summed E-state index contributed by atoms with van der Waals surface area (Å²) in [4.78, 5) is 0. The fourth-order valence-corrected chi connectivity index (χ4v) is 3.93. The zero-order valence-corrected chi connectivity index (χ0v) is 13.4. The summed E-state index contributed by atoms with van der Waals surface area (Å²) in [7, 11) is 1.75. The molecule has 0 amide bonds. The van der Waals surface area contributed by atoms with Crippen LogP contribution in [0.25, 0.3) is 0 Å². The highest BCUT2D eigenvalue weighted by Gasteiger charge is 2.35. The first-order chi connectivity index (χ1) is 9.59. The van der Waals surface area contributed by atoms with E-state index in [0.29, 0.717) is 12.5 Å². The van der Waals surface area contributed by atoms with Crippen molar-refractivity contribution in [3.8, 4) is 5.75 Å². The molecule has 1 heterocycles. The molecule has 2 aliphatic rings. The van der Waals surface area contributed by atoms with Crippen molar-refractivity contribution in [3.05, 3.63) is 27.7 Å². The van der Waals surface area contributed by atoms with Crippen molar-refractivity contribution in [3.63, 3.8) is 0 Å². The molecule has 0 spiro atoms. The van der Waals surface area contributed by atoms with Gasteiger partial charge in [0.25, 0.3) is 0 Å². The lowest BCUT2D eigenvalue weighted by atomic mass is 9.79. The monoisotopic (exact) mass is 340 g/mol. The smallest absolute Gasteiger partial charge is 0.125 e. The van der Waals surface area contributed by atoms with Gasteiger partial charge >= 0.3 is 0 Å². The van der Waals surface area contributed by atoms with Gasteiger partial charge in [-0.3, -0.25) is 0 Å². The Morgan fingerprint density at radius 2 is 2.15 bits per heavy atom. The highest BCUT2D eigenvalue weighted by Crippen LogP contribution is 2.39. The van der Waals surface area contributed by atoms with E-state index in [1.165, 1.54) is 5.56 Å². The number of aliphatic hydroxyl groups is 1. The molecule has 1 aliphatic carbocycles. The number of hydrogen-bond donors (Lipinski definition) is 1. The molecule has 20 heavy (non-hydrogen) atoms. The van der Waals surface area contributed by atoms with Gasteiger partial charge in [-0.15, -0.1) is 0 Å². The molecule has 0 atom stereocenters. The molecule has 0 radical (unpaired) electrons. The van der Waals surface area contributed by atoms with Gasteiger partial charge in [-0.1, -0.05) is 15.9 Å². The van der Waals surface area contributed by atoms with Crippen LogP contribution in [0, 0.1) is 0 Å². The lowest BCUT2D eigenvalue weighted by molar-refractivity contribution is -0.0429. The van der Waals surface area contributed by atoms with E-state index in [1.54, 1.807) is 7.11 Å². The van der Waals surface area contributed by atoms with E-state index in [0.717, 1.165) is 54.5 Å². The van der Waals surface area contributed by atoms with Crippen LogP contribution in [0.5, 0.6) is 5.75 Å². The lowest BCUT2D eigenvalue weighted by Gasteiger charge is -2.36. The standard InChI is InChI=1S/C16H21BrO3/c1-19-14-2-5-16(18,6-3-14)10-12-9-13(17)8-11-4-7-20-15(11)12/h8-9,14,18H,2-7,10H2,1H3. The Morgan fingerprint density at radius 3 is 2.85 bits per heavy atom. The Bertz CT molecular complexity index is 493. The van der Waals surface area contributed by atoms with Crippen LogP contribution in [0.4, 0.5) is 0 Å². The van der Waals surface area contributed by atoms with Crippen LogP contribution in [0.3, 0.4) is 0 Å². The first-order valence-electron chi connectivity index (χ1n) is 7.29. The quantitative estimate of drug-likeness (QED) is 0.917. The third-order valence-electron chi connectivity index (χ3n) is 4.54. The Balaban J connectivity index is 1.78. The highest BCUT2D eigenvalue weighted by molar-refractivity contribution is 9.10. The summed E-state index contributed by atoms with van der Waals surface area (Å²) in [5, 5.41) is 10.8. The number of halogens is 1. The molecule has 3 nitrogen and oxygen atoms in total. The van der Waals surface area contributed by atoms with Gasteiger partial charge in [0, 0.05) is 24.4 Å². The zero-order chi connectivity index (χ0) is 14.2. The van der Waals surface area contributed by atoms with Gasteiger partial charge in [0.1, 0.15) is 5.75 Å². The van der Waals surface area contributed by atoms with E-state index in [4.69, 9.17) is 9.47 Å². The largest absolute Gasteiger partial charge is 0.493 e. The molecular weight excluding hydrogens is 320 g/mol. The third kappa shape index (κ3) is 2.87. The maximum atomic E-state index is 10.8. The van der Waals surface area contributed by atoms with Crippen molar-refractivity contribution in [2.45, 2.75) is 50.2 Å². The molecule has 1 aromatic rings. The van der Waals surface area contributed by atoms with E-state index in [9.17, 15) is 5.11 Å². The van der Waals surface area contributed by atoms with Crippen molar-refractivity contribution < 1.29 is 14.6 Å². The van der Waals surface area contributed by atoms with Crippen molar-refractivity contribution in [1.82, 2.24) is 0 Å². The molecule has 1 aromatic carbocycles. The average Bonchev–Trinajstić information content (AvgIpc) is 2.87. The zero-order valence-electron chi connectivity index (χ0n) is 11.8. The summed E-state index contributed by atoms with van der Waals surface area (Å²) < 4.78 is 12.2. The summed E-state index contributed by atoms with van der Waals surface area (Å²) in [5.41, 5.74) is 1.77. The number of methoxy groups -OCH3 is 1. The molecule has 1 N–H and O–H groups in total. The van der Waals surface area contributed by atoms with Crippen LogP contribution in [0.15, 0.2) is 16.6 Å². The summed E-state index contributed by atoms with van der Waals surface area (Å²) in [6.07, 6.45) is 5.41. The van der Waals surface area contributed by atoms with E-state index in [2.05, 4.69) is 28.1 Å². The predicted molar refractivity (Wildman–Crippen MR) is 81.3 cm³/mol. The number of ether oxygens (including phenoxy) is 2. The Labute approximate surface area is 128 Å². The second kappa shape index (κ2) is 5.66. The maximum absolute atomic E-state index is 10.8. The number of rotatable bonds is 3. The highest BCUT2D eigenvalue weighted by atomic mass is 79.9. The van der Waals surface area contributed by atoms with Crippen LogP contribution in [0.1, 0.15) is 36.8 Å². The Hall–Kier alpha value is -0.580. The molecule has 3 rings (SSSR count). The summed E-state index contributed by atoms with van der Waals surface area (Å²) in [5.74, 6) is 0.996. The van der Waals surface area contributed by atoms with Crippen LogP contribution in [0.2, 0.25) is 0 Å². The van der Waals surface area contributed by atoms with Crippen molar-refractivity contribution in [1.29, 1.82) is 0 Å². The molecule has 0 bridgehead atoms. The van der Waals surface area contributed by atoms with Gasteiger partial charge in [-0.2, -0.15) is 0 Å². The van der Waals surface area contributed by atoms with E-state index >= 15 is 0 Å². The van der Waals surface area contributed by atoms with Crippen LogP contribution >= 0.6 is 15.9 Å². The minimum atomic E-state index is -0.616. The number of hydrogen-bond acceptors (Lipinski definition) is 3. The van der Waals surface area contributed by atoms with Crippen LogP contribution in [-0.2, 0) is 17.6 Å². The van der Waals surface area contributed by atoms with Crippen molar-refractivity contribution >= 4 is 15.9 Å². The minimum Gasteiger partial charge on any atom is -0.493 e. The molecule has 0 saturated heterocycles. The van der Waals surface area contributed by atoms with Gasteiger partial charge in [0.15, 0.2) is 0 Å². The second-order valence-corrected chi connectivity index (χ2v) is 6.90. The first-order valence-corrected chi connectivity index (χ1v) is 8.08. The van der Waals surface area contributed by atoms with Gasteiger partial charge in [0.2, 0.25) is 0 Å². The van der Waals surface area contributed by atoms with E-state index in [1.807, 2.05) is 0 Å². The fraction of sp³-hybridized carbons (Fsp3) is 0.625. The molecule has 1 fully saturated rings. The lowest BCUT2D eigenvalue weighted by Crippen LogP contribution is -2.38. The van der Waals surface area contributed by atoms with Gasteiger partial charge in [-0.25, -0.2) is 0 Å². The van der Waals surface area contributed by atoms with Gasteiger partial charge in [-0.05, 0) is 48.9 Å². The number of benzene rings is 1. The Morgan fingerprint density at radius 1 is 1.40 bits per heavy atom. The molecule has 4 heteroatoms. The average molecular weight is 341 g/mol. The molecule has 1 saturated carbocycles. The van der Waals surface area contributed by atoms with Crippen LogP contribution in [-0.4, -0.2) is 30.5 Å². The molecule has 1 aliphatic heterocycles.